The van der Waals surface area contributed by atoms with Crippen LogP contribution >= 0.6 is 0 Å². The Hall–Kier alpha value is -3.48. The lowest BCUT2D eigenvalue weighted by atomic mass is 9.69. The third-order valence-corrected chi connectivity index (χ3v) is 7.04. The molecular weight excluding hydrogens is 512 g/mol. The number of nitriles is 1. The van der Waals surface area contributed by atoms with Gasteiger partial charge in [0, 0.05) is 0 Å². The van der Waals surface area contributed by atoms with Crippen molar-refractivity contribution < 1.29 is 33.6 Å². The summed E-state index contributed by atoms with van der Waals surface area (Å²) in [6.45, 7) is 8.66. The molecule has 9 nitrogen and oxygen atoms in total. The Morgan fingerprint density at radius 1 is 0.925 bits per heavy atom. The minimum atomic E-state index is -0.899. The minimum Gasteiger partial charge on any atom is -0.493 e. The highest BCUT2D eigenvalue weighted by molar-refractivity contribution is 5.92. The van der Waals surface area contributed by atoms with Gasteiger partial charge in [0.2, 0.25) is 0 Å². The smallest absolute Gasteiger partial charge is 0.338 e. The van der Waals surface area contributed by atoms with Crippen molar-refractivity contribution in [2.24, 2.45) is 5.92 Å². The molecular formula is C31H44N2O7. The first-order valence-corrected chi connectivity index (χ1v) is 13.5. The van der Waals surface area contributed by atoms with Crippen LogP contribution < -0.4 is 24.3 Å². The Labute approximate surface area is 238 Å². The van der Waals surface area contributed by atoms with E-state index in [-0.39, 0.29) is 18.4 Å². The van der Waals surface area contributed by atoms with Crippen LogP contribution in [0, 0.1) is 17.2 Å². The molecule has 0 amide bonds. The molecule has 0 radical (unpaired) electrons. The molecule has 0 aromatic heterocycles. The van der Waals surface area contributed by atoms with Crippen LogP contribution in [0.25, 0.3) is 0 Å². The lowest BCUT2D eigenvalue weighted by Gasteiger charge is -2.33. The van der Waals surface area contributed by atoms with E-state index in [4.69, 9.17) is 23.7 Å². The van der Waals surface area contributed by atoms with Gasteiger partial charge in [0.05, 0.1) is 57.7 Å². The number of aliphatic hydroxyl groups is 1. The van der Waals surface area contributed by atoms with Gasteiger partial charge in [-0.2, -0.15) is 5.26 Å². The molecule has 0 aliphatic carbocycles. The second kappa shape index (κ2) is 15.3. The van der Waals surface area contributed by atoms with Gasteiger partial charge in [-0.3, -0.25) is 0 Å². The summed E-state index contributed by atoms with van der Waals surface area (Å²) < 4.78 is 27.0. The number of nitrogens with one attached hydrogen (secondary N) is 1. The van der Waals surface area contributed by atoms with Crippen LogP contribution in [0.15, 0.2) is 30.3 Å². The first kappa shape index (κ1) is 32.7. The molecule has 9 heteroatoms. The number of methoxy groups -OCH3 is 4. The molecule has 2 rings (SSSR count). The van der Waals surface area contributed by atoms with Crippen LogP contribution in [0.3, 0.4) is 0 Å². The maximum absolute atomic E-state index is 12.7. The molecule has 0 aliphatic rings. The highest BCUT2D eigenvalue weighted by Gasteiger charge is 2.38. The van der Waals surface area contributed by atoms with Gasteiger partial charge in [0.1, 0.15) is 0 Å². The van der Waals surface area contributed by atoms with Gasteiger partial charge in [-0.15, -0.1) is 0 Å². The Kier molecular flexibility index (Phi) is 12.6. The maximum atomic E-state index is 12.7. The van der Waals surface area contributed by atoms with E-state index in [0.717, 1.165) is 11.1 Å². The van der Waals surface area contributed by atoms with Gasteiger partial charge < -0.3 is 34.1 Å². The van der Waals surface area contributed by atoms with Gasteiger partial charge in [-0.05, 0) is 87.5 Å². The van der Waals surface area contributed by atoms with Gasteiger partial charge in [0.15, 0.2) is 23.0 Å². The van der Waals surface area contributed by atoms with Gasteiger partial charge >= 0.3 is 5.97 Å². The number of ether oxygens (including phenoxy) is 5. The zero-order chi connectivity index (χ0) is 29.9. The maximum Gasteiger partial charge on any atom is 0.338 e. The molecule has 0 saturated heterocycles. The van der Waals surface area contributed by atoms with Crippen LogP contribution in [0.5, 0.6) is 23.0 Å². The van der Waals surface area contributed by atoms with E-state index in [2.05, 4.69) is 11.4 Å². The van der Waals surface area contributed by atoms with Crippen molar-refractivity contribution >= 4 is 5.97 Å². The van der Waals surface area contributed by atoms with E-state index >= 15 is 0 Å². The second-order valence-electron chi connectivity index (χ2n) is 10.3. The predicted molar refractivity (Wildman–Crippen MR) is 154 cm³/mol. The fraction of sp³-hybridized carbons (Fsp3) is 0.548. The Bertz CT molecular complexity index is 1160. The molecule has 0 fully saturated rings. The molecule has 2 N–H and O–H groups in total. The molecule has 0 heterocycles. The SMILES string of the molecule is COc1ccc(C(C#N)(CC(O)CCNCCc2cc(OC)c(OC)cc2C(=O)OC(C)C)C(C)C)cc1OC. The third-order valence-electron chi connectivity index (χ3n) is 7.04. The summed E-state index contributed by atoms with van der Waals surface area (Å²) in [6, 6.07) is 11.4. The van der Waals surface area contributed by atoms with Crippen LogP contribution in [0.4, 0.5) is 0 Å². The number of carbonyl (C=O) groups is 1. The van der Waals surface area contributed by atoms with Crippen LogP contribution in [0.2, 0.25) is 0 Å². The number of hydrogen-bond acceptors (Lipinski definition) is 9. The standard InChI is InChI=1S/C31H44N2O7/c1-20(2)31(19-32,23-9-10-26(36-5)28(16-23)38-7)18-24(34)12-14-33-13-11-22-15-27(37-6)29(39-8)17-25(22)30(35)40-21(3)4/h9-10,15-17,20-21,24,33-34H,11-14,18H2,1-8H3. The normalized spacial score (nSPS) is 13.3. The summed E-state index contributed by atoms with van der Waals surface area (Å²) in [5, 5.41) is 24.6. The van der Waals surface area contributed by atoms with Gasteiger partial charge in [-0.1, -0.05) is 19.9 Å². The van der Waals surface area contributed by atoms with Crippen molar-refractivity contribution in [1.29, 1.82) is 5.26 Å². The molecule has 40 heavy (non-hydrogen) atoms. The highest BCUT2D eigenvalue weighted by Crippen LogP contribution is 2.40. The zero-order valence-corrected chi connectivity index (χ0v) is 25.0. The fourth-order valence-electron chi connectivity index (χ4n) is 4.73. The van der Waals surface area contributed by atoms with Crippen molar-refractivity contribution in [2.45, 2.75) is 64.6 Å². The summed E-state index contributed by atoms with van der Waals surface area (Å²) in [4.78, 5) is 12.7. The van der Waals surface area contributed by atoms with Crippen LogP contribution in [-0.4, -0.2) is 64.8 Å². The quantitative estimate of drug-likeness (QED) is 0.224. The molecule has 220 valence electrons. The average Bonchev–Trinajstić information content (AvgIpc) is 2.94. The van der Waals surface area contributed by atoms with E-state index in [1.54, 1.807) is 53.4 Å². The van der Waals surface area contributed by atoms with Crippen molar-refractivity contribution in [2.75, 3.05) is 41.5 Å². The first-order valence-electron chi connectivity index (χ1n) is 13.5. The number of carbonyl (C=O) groups excluding carboxylic acids is 1. The van der Waals surface area contributed by atoms with Crippen molar-refractivity contribution in [3.8, 4) is 29.1 Å². The Morgan fingerprint density at radius 3 is 2.08 bits per heavy atom. The third kappa shape index (κ3) is 8.03. The lowest BCUT2D eigenvalue weighted by Crippen LogP contribution is -2.36. The van der Waals surface area contributed by atoms with E-state index in [1.165, 1.54) is 7.11 Å². The molecule has 0 spiro atoms. The second-order valence-corrected chi connectivity index (χ2v) is 10.3. The summed E-state index contributed by atoms with van der Waals surface area (Å²) >= 11 is 0. The van der Waals surface area contributed by atoms with E-state index in [9.17, 15) is 15.2 Å². The molecule has 2 aromatic rings. The van der Waals surface area contributed by atoms with E-state index in [0.29, 0.717) is 54.5 Å². The summed E-state index contributed by atoms with van der Waals surface area (Å²) in [6.07, 6.45) is 0.314. The van der Waals surface area contributed by atoms with Gasteiger partial charge in [0.25, 0.3) is 0 Å². The van der Waals surface area contributed by atoms with Crippen molar-refractivity contribution in [1.82, 2.24) is 5.32 Å². The predicted octanol–water partition coefficient (Wildman–Crippen LogP) is 4.68. The topological polar surface area (TPSA) is 119 Å². The molecule has 2 atom stereocenters. The highest BCUT2D eigenvalue weighted by atomic mass is 16.5. The number of nitrogens with zero attached hydrogens (tertiary/aromatic N) is 1. The summed E-state index contributed by atoms with van der Waals surface area (Å²) in [5.41, 5.74) is 1.08. The van der Waals surface area contributed by atoms with Crippen molar-refractivity contribution in [3.63, 3.8) is 0 Å². The zero-order valence-electron chi connectivity index (χ0n) is 25.0. The molecule has 0 aliphatic heterocycles. The monoisotopic (exact) mass is 556 g/mol. The van der Waals surface area contributed by atoms with E-state index < -0.39 is 17.5 Å². The molecule has 0 saturated carbocycles. The summed E-state index contributed by atoms with van der Waals surface area (Å²) in [5.74, 6) is 1.65. The van der Waals surface area contributed by atoms with Gasteiger partial charge in [-0.25, -0.2) is 4.79 Å². The molecule has 2 aromatic carbocycles. The number of benzene rings is 2. The van der Waals surface area contributed by atoms with Crippen LogP contribution in [0.1, 0.15) is 62.0 Å². The number of aliphatic hydroxyl groups excluding tert-OH is 1. The Balaban J connectivity index is 2.07. The largest absolute Gasteiger partial charge is 0.493 e. The molecule has 0 bridgehead atoms. The minimum absolute atomic E-state index is 0.0488. The number of hydrogen-bond donors (Lipinski definition) is 2. The first-order chi connectivity index (χ1) is 19.1. The number of rotatable bonds is 16. The number of esters is 1. The lowest BCUT2D eigenvalue weighted by molar-refractivity contribution is 0.0376. The molecule has 2 unspecified atom stereocenters. The Morgan fingerprint density at radius 2 is 1.52 bits per heavy atom. The van der Waals surface area contributed by atoms with E-state index in [1.807, 2.05) is 26.0 Å². The van der Waals surface area contributed by atoms with Crippen molar-refractivity contribution in [3.05, 3.63) is 47.0 Å². The summed E-state index contributed by atoms with van der Waals surface area (Å²) in [7, 11) is 6.20. The average molecular weight is 557 g/mol. The fourth-order valence-corrected chi connectivity index (χ4v) is 4.73. The van der Waals surface area contributed by atoms with Crippen LogP contribution in [-0.2, 0) is 16.6 Å².